The molecular formula is C26H36O2Si. The van der Waals surface area contributed by atoms with Crippen molar-refractivity contribution in [3.63, 3.8) is 0 Å². The van der Waals surface area contributed by atoms with E-state index in [-0.39, 0.29) is 16.4 Å². The molecule has 1 saturated carbocycles. The topological polar surface area (TPSA) is 26.3 Å². The summed E-state index contributed by atoms with van der Waals surface area (Å²) in [6.07, 6.45) is 1.91. The van der Waals surface area contributed by atoms with Crippen LogP contribution in [0.2, 0.25) is 5.04 Å². The van der Waals surface area contributed by atoms with E-state index in [1.54, 1.807) is 0 Å². The fourth-order valence-corrected chi connectivity index (χ4v) is 9.67. The molecule has 29 heavy (non-hydrogen) atoms. The lowest BCUT2D eigenvalue weighted by Gasteiger charge is -2.44. The monoisotopic (exact) mass is 408 g/mol. The van der Waals surface area contributed by atoms with Crippen LogP contribution in [-0.4, -0.2) is 20.7 Å². The maximum absolute atomic E-state index is 13.2. The highest BCUT2D eigenvalue weighted by molar-refractivity contribution is 6.99. The van der Waals surface area contributed by atoms with Crippen molar-refractivity contribution in [2.75, 3.05) is 6.61 Å². The highest BCUT2D eigenvalue weighted by Gasteiger charge is 2.53. The van der Waals surface area contributed by atoms with E-state index in [4.69, 9.17) is 4.43 Å². The minimum Gasteiger partial charge on any atom is -0.406 e. The molecule has 0 spiro atoms. The van der Waals surface area contributed by atoms with Gasteiger partial charge in [0, 0.05) is 17.9 Å². The van der Waals surface area contributed by atoms with Crippen LogP contribution >= 0.6 is 0 Å². The van der Waals surface area contributed by atoms with Crippen LogP contribution in [0.5, 0.6) is 0 Å². The molecule has 2 aromatic carbocycles. The quantitative estimate of drug-likeness (QED) is 0.614. The van der Waals surface area contributed by atoms with Gasteiger partial charge >= 0.3 is 0 Å². The van der Waals surface area contributed by atoms with Gasteiger partial charge in [0.1, 0.15) is 5.78 Å². The Morgan fingerprint density at radius 3 is 1.86 bits per heavy atom. The van der Waals surface area contributed by atoms with Gasteiger partial charge in [-0.05, 0) is 34.2 Å². The molecule has 1 fully saturated rings. The van der Waals surface area contributed by atoms with Gasteiger partial charge in [0.15, 0.2) is 0 Å². The van der Waals surface area contributed by atoms with Crippen molar-refractivity contribution < 1.29 is 9.22 Å². The Morgan fingerprint density at radius 1 is 1.00 bits per heavy atom. The third kappa shape index (κ3) is 4.00. The molecule has 0 saturated heterocycles. The molecule has 0 aromatic heterocycles. The van der Waals surface area contributed by atoms with Crippen LogP contribution < -0.4 is 10.4 Å². The second-order valence-electron chi connectivity index (χ2n) is 10.3. The fraction of sp³-hybridized carbons (Fsp3) is 0.500. The van der Waals surface area contributed by atoms with E-state index in [2.05, 4.69) is 102 Å². The predicted octanol–water partition coefficient (Wildman–Crippen LogP) is 5.20. The SMILES string of the molecule is CC(C)[C@H]1CC[C@](C)(CO[Si](c2ccccc2)(c2ccccc2)C(C)(C)C)C1=O. The van der Waals surface area contributed by atoms with E-state index in [0.717, 1.165) is 12.8 Å². The molecule has 1 aliphatic rings. The molecule has 2 nitrogen and oxygen atoms in total. The average molecular weight is 409 g/mol. The van der Waals surface area contributed by atoms with Crippen LogP contribution in [0.4, 0.5) is 0 Å². The number of ketones is 1. The molecule has 0 heterocycles. The minimum atomic E-state index is -2.59. The van der Waals surface area contributed by atoms with Crippen LogP contribution in [-0.2, 0) is 9.22 Å². The molecule has 3 heteroatoms. The van der Waals surface area contributed by atoms with Gasteiger partial charge in [-0.15, -0.1) is 0 Å². The summed E-state index contributed by atoms with van der Waals surface area (Å²) in [6, 6.07) is 21.4. The summed E-state index contributed by atoms with van der Waals surface area (Å²) >= 11 is 0. The Balaban J connectivity index is 2.04. The van der Waals surface area contributed by atoms with E-state index in [9.17, 15) is 4.79 Å². The normalized spacial score (nSPS) is 23.0. The van der Waals surface area contributed by atoms with Gasteiger partial charge in [0.25, 0.3) is 8.32 Å². The number of Topliss-reactive ketones (excluding diaryl/α,β-unsaturated/α-hetero) is 1. The lowest BCUT2D eigenvalue weighted by Crippen LogP contribution is -2.67. The van der Waals surface area contributed by atoms with Gasteiger partial charge in [0.05, 0.1) is 0 Å². The first kappa shape index (κ1) is 22.0. The summed E-state index contributed by atoms with van der Waals surface area (Å²) in [7, 11) is -2.59. The molecule has 0 bridgehead atoms. The number of hydrogen-bond acceptors (Lipinski definition) is 2. The average Bonchev–Trinajstić information content (AvgIpc) is 2.98. The first-order chi connectivity index (χ1) is 13.6. The molecule has 0 aliphatic heterocycles. The van der Waals surface area contributed by atoms with E-state index < -0.39 is 8.32 Å². The molecule has 156 valence electrons. The van der Waals surface area contributed by atoms with Crippen LogP contribution in [0.3, 0.4) is 0 Å². The smallest absolute Gasteiger partial charge is 0.261 e. The third-order valence-corrected chi connectivity index (χ3v) is 11.8. The number of hydrogen-bond donors (Lipinski definition) is 0. The van der Waals surface area contributed by atoms with Gasteiger partial charge in [-0.1, -0.05) is 102 Å². The molecule has 0 radical (unpaired) electrons. The number of carbonyl (C=O) groups excluding carboxylic acids is 1. The van der Waals surface area contributed by atoms with E-state index in [1.807, 2.05) is 0 Å². The lowest BCUT2D eigenvalue weighted by molar-refractivity contribution is -0.130. The molecule has 1 aliphatic carbocycles. The second-order valence-corrected chi connectivity index (χ2v) is 14.6. The van der Waals surface area contributed by atoms with Gasteiger partial charge in [-0.3, -0.25) is 4.79 Å². The summed E-state index contributed by atoms with van der Waals surface area (Å²) in [6.45, 7) is 13.8. The molecule has 0 unspecified atom stereocenters. The zero-order valence-electron chi connectivity index (χ0n) is 18.9. The van der Waals surface area contributed by atoms with Gasteiger partial charge < -0.3 is 4.43 Å². The Kier molecular flexibility index (Phi) is 6.21. The van der Waals surface area contributed by atoms with Crippen molar-refractivity contribution in [3.05, 3.63) is 60.7 Å². The number of rotatable bonds is 6. The summed E-state index contributed by atoms with van der Waals surface area (Å²) < 4.78 is 7.07. The predicted molar refractivity (Wildman–Crippen MR) is 124 cm³/mol. The Labute approximate surface area is 177 Å². The molecule has 2 atom stereocenters. The van der Waals surface area contributed by atoms with Crippen molar-refractivity contribution in [2.45, 2.75) is 59.4 Å². The first-order valence-corrected chi connectivity index (χ1v) is 12.8. The van der Waals surface area contributed by atoms with Crippen molar-refractivity contribution in [2.24, 2.45) is 17.3 Å². The summed E-state index contributed by atoms with van der Waals surface area (Å²) in [4.78, 5) is 13.2. The van der Waals surface area contributed by atoms with Crippen molar-refractivity contribution in [1.82, 2.24) is 0 Å². The number of carbonyl (C=O) groups is 1. The molecule has 2 aromatic rings. The Hall–Kier alpha value is -1.71. The minimum absolute atomic E-state index is 0.0643. The van der Waals surface area contributed by atoms with E-state index >= 15 is 0 Å². The van der Waals surface area contributed by atoms with Gasteiger partial charge in [-0.25, -0.2) is 0 Å². The Bertz CT molecular complexity index is 783. The maximum Gasteiger partial charge on any atom is 0.261 e. The first-order valence-electron chi connectivity index (χ1n) is 10.9. The van der Waals surface area contributed by atoms with Crippen molar-refractivity contribution in [1.29, 1.82) is 0 Å². The molecule has 0 N–H and O–H groups in total. The largest absolute Gasteiger partial charge is 0.406 e. The maximum atomic E-state index is 13.2. The van der Waals surface area contributed by atoms with E-state index in [0.29, 0.717) is 18.3 Å². The lowest BCUT2D eigenvalue weighted by atomic mass is 9.84. The van der Waals surface area contributed by atoms with Crippen LogP contribution in [0.1, 0.15) is 54.4 Å². The van der Waals surface area contributed by atoms with Crippen LogP contribution in [0, 0.1) is 17.3 Å². The van der Waals surface area contributed by atoms with Crippen LogP contribution in [0.15, 0.2) is 60.7 Å². The number of benzene rings is 2. The molecule has 3 rings (SSSR count). The standard InChI is InChI=1S/C26H36O2Si/c1-20(2)23-17-18-26(6,24(23)27)19-28-29(25(3,4)5,21-13-9-7-10-14-21)22-15-11-8-12-16-22/h7-16,20,23H,17-19H2,1-6H3/t23-,26-/m1/s1. The highest BCUT2D eigenvalue weighted by atomic mass is 28.4. The highest BCUT2D eigenvalue weighted by Crippen LogP contribution is 2.44. The Morgan fingerprint density at radius 2 is 1.48 bits per heavy atom. The zero-order valence-corrected chi connectivity index (χ0v) is 19.9. The van der Waals surface area contributed by atoms with Gasteiger partial charge in [0.2, 0.25) is 0 Å². The molecular weight excluding hydrogens is 372 g/mol. The third-order valence-electron chi connectivity index (χ3n) is 6.77. The summed E-state index contributed by atoms with van der Waals surface area (Å²) in [5.74, 6) is 0.963. The van der Waals surface area contributed by atoms with Crippen molar-refractivity contribution in [3.8, 4) is 0 Å². The van der Waals surface area contributed by atoms with Gasteiger partial charge in [-0.2, -0.15) is 0 Å². The molecule has 0 amide bonds. The summed E-state index contributed by atoms with van der Waals surface area (Å²) in [5.41, 5.74) is -0.387. The fourth-order valence-electron chi connectivity index (χ4n) is 4.98. The second kappa shape index (κ2) is 8.20. The zero-order chi connectivity index (χ0) is 21.3. The van der Waals surface area contributed by atoms with Crippen LogP contribution in [0.25, 0.3) is 0 Å². The summed E-state index contributed by atoms with van der Waals surface area (Å²) in [5, 5.41) is 2.48. The van der Waals surface area contributed by atoms with Crippen molar-refractivity contribution >= 4 is 24.5 Å². The van der Waals surface area contributed by atoms with E-state index in [1.165, 1.54) is 10.4 Å².